The molecule has 0 fully saturated rings. The fourth-order valence-electron chi connectivity index (χ4n) is 2.32. The Morgan fingerprint density at radius 1 is 0.929 bits per heavy atom. The van der Waals surface area contributed by atoms with Crippen molar-refractivity contribution in [3.05, 3.63) is 94.0 Å². The summed E-state index contributed by atoms with van der Waals surface area (Å²) in [6, 6.07) is 19.4. The van der Waals surface area contributed by atoms with E-state index in [2.05, 4.69) is 4.99 Å². The van der Waals surface area contributed by atoms with Crippen molar-refractivity contribution in [1.82, 2.24) is 0 Å². The molecule has 0 atom stereocenters. The van der Waals surface area contributed by atoms with Crippen molar-refractivity contribution in [3.8, 4) is 11.5 Å². The predicted octanol–water partition coefficient (Wildman–Crippen LogP) is 4.57. The van der Waals surface area contributed by atoms with Crippen LogP contribution in [0.15, 0.2) is 77.8 Å². The number of non-ortho nitro benzene ring substituents is 1. The highest BCUT2D eigenvalue weighted by atomic mass is 16.6. The first kappa shape index (κ1) is 18.8. The number of ether oxygens (including phenoxy) is 2. The van der Waals surface area contributed by atoms with Crippen molar-refractivity contribution >= 4 is 23.6 Å². The first-order chi connectivity index (χ1) is 13.5. The van der Waals surface area contributed by atoms with Crippen molar-refractivity contribution in [2.24, 2.45) is 4.99 Å². The molecule has 0 aliphatic rings. The highest BCUT2D eigenvalue weighted by molar-refractivity contribution is 5.91. The summed E-state index contributed by atoms with van der Waals surface area (Å²) in [5, 5.41) is 10.7. The zero-order valence-corrected chi connectivity index (χ0v) is 14.9. The molecule has 3 aromatic rings. The summed E-state index contributed by atoms with van der Waals surface area (Å²) in [5.41, 5.74) is 1.79. The van der Waals surface area contributed by atoms with Crippen LogP contribution in [0.25, 0.3) is 0 Å². The number of carbonyl (C=O) groups excluding carboxylic acids is 1. The first-order valence-corrected chi connectivity index (χ1v) is 8.30. The Kier molecular flexibility index (Phi) is 5.76. The van der Waals surface area contributed by atoms with E-state index in [9.17, 15) is 14.9 Å². The van der Waals surface area contributed by atoms with E-state index < -0.39 is 10.9 Å². The highest BCUT2D eigenvalue weighted by Gasteiger charge is 2.08. The topological polar surface area (TPSA) is 91.0 Å². The monoisotopic (exact) mass is 376 g/mol. The van der Waals surface area contributed by atoms with Gasteiger partial charge in [0, 0.05) is 18.3 Å². The Hall–Kier alpha value is -4.00. The number of carbonyl (C=O) groups is 1. The Bertz CT molecular complexity index is 994. The molecule has 7 nitrogen and oxygen atoms in total. The average molecular weight is 376 g/mol. The fraction of sp³-hybridized carbons (Fsp3) is 0.0476. The molecule has 0 saturated carbocycles. The standard InChI is InChI=1S/C21H16N2O5/c1-27-19-10-12-20(13-11-19)28-21(24)16-4-6-17(7-5-16)22-14-15-2-8-18(9-3-15)23(25)26/h2-14H,1H3. The molecule has 7 heteroatoms. The van der Waals surface area contributed by atoms with Crippen molar-refractivity contribution in [1.29, 1.82) is 0 Å². The lowest BCUT2D eigenvalue weighted by Gasteiger charge is -2.05. The van der Waals surface area contributed by atoms with Crippen LogP contribution in [0.2, 0.25) is 0 Å². The summed E-state index contributed by atoms with van der Waals surface area (Å²) < 4.78 is 10.4. The molecule has 0 amide bonds. The summed E-state index contributed by atoms with van der Waals surface area (Å²) in [6.45, 7) is 0. The van der Waals surface area contributed by atoms with Crippen LogP contribution in [0, 0.1) is 10.1 Å². The lowest BCUT2D eigenvalue weighted by molar-refractivity contribution is -0.384. The fourth-order valence-corrected chi connectivity index (χ4v) is 2.32. The van der Waals surface area contributed by atoms with Gasteiger partial charge in [-0.1, -0.05) is 0 Å². The molecule has 140 valence electrons. The molecule has 0 heterocycles. The van der Waals surface area contributed by atoms with Crippen LogP contribution in [-0.2, 0) is 0 Å². The van der Waals surface area contributed by atoms with Gasteiger partial charge in [0.2, 0.25) is 0 Å². The van der Waals surface area contributed by atoms with Gasteiger partial charge in [-0.3, -0.25) is 15.1 Å². The number of benzene rings is 3. The molecule has 0 aromatic heterocycles. The summed E-state index contributed by atoms with van der Waals surface area (Å²) >= 11 is 0. The Balaban J connectivity index is 1.63. The van der Waals surface area contributed by atoms with E-state index in [1.165, 1.54) is 12.1 Å². The van der Waals surface area contributed by atoms with Gasteiger partial charge in [0.05, 0.1) is 23.3 Å². The van der Waals surface area contributed by atoms with Crippen molar-refractivity contribution in [2.45, 2.75) is 0 Å². The van der Waals surface area contributed by atoms with Gasteiger partial charge in [-0.15, -0.1) is 0 Å². The lowest BCUT2D eigenvalue weighted by atomic mass is 10.2. The second-order valence-corrected chi connectivity index (χ2v) is 5.72. The quantitative estimate of drug-likeness (QED) is 0.207. The third-order valence-electron chi connectivity index (χ3n) is 3.84. The van der Waals surface area contributed by atoms with Gasteiger partial charge >= 0.3 is 5.97 Å². The third-order valence-corrected chi connectivity index (χ3v) is 3.84. The van der Waals surface area contributed by atoms with E-state index in [1.54, 1.807) is 74.0 Å². The minimum absolute atomic E-state index is 0.0249. The van der Waals surface area contributed by atoms with E-state index in [1.807, 2.05) is 0 Å². The maximum atomic E-state index is 12.2. The summed E-state index contributed by atoms with van der Waals surface area (Å²) in [7, 11) is 1.56. The molecular formula is C21H16N2O5. The number of nitrogens with zero attached hydrogens (tertiary/aromatic N) is 2. The molecule has 0 spiro atoms. The van der Waals surface area contributed by atoms with Gasteiger partial charge in [0.25, 0.3) is 5.69 Å². The average Bonchev–Trinajstić information content (AvgIpc) is 2.73. The van der Waals surface area contributed by atoms with Gasteiger partial charge < -0.3 is 9.47 Å². The number of rotatable bonds is 6. The number of hydrogen-bond donors (Lipinski definition) is 0. The largest absolute Gasteiger partial charge is 0.497 e. The smallest absolute Gasteiger partial charge is 0.343 e. The summed E-state index contributed by atoms with van der Waals surface area (Å²) in [4.78, 5) is 26.7. The van der Waals surface area contributed by atoms with E-state index in [0.29, 0.717) is 22.7 Å². The molecule has 0 radical (unpaired) electrons. The van der Waals surface area contributed by atoms with Gasteiger partial charge in [-0.25, -0.2) is 4.79 Å². The molecule has 0 unspecified atom stereocenters. The molecule has 28 heavy (non-hydrogen) atoms. The van der Waals surface area contributed by atoms with Crippen LogP contribution in [-0.4, -0.2) is 24.2 Å². The molecule has 0 bridgehead atoms. The number of methoxy groups -OCH3 is 1. The van der Waals surface area contributed by atoms with E-state index in [0.717, 1.165) is 5.56 Å². The van der Waals surface area contributed by atoms with Crippen LogP contribution in [0.1, 0.15) is 15.9 Å². The third kappa shape index (κ3) is 4.79. The molecule has 0 saturated heterocycles. The van der Waals surface area contributed by atoms with E-state index >= 15 is 0 Å². The SMILES string of the molecule is COc1ccc(OC(=O)c2ccc(N=Cc3ccc([N+](=O)[O-])cc3)cc2)cc1. The lowest BCUT2D eigenvalue weighted by Crippen LogP contribution is -2.08. The van der Waals surface area contributed by atoms with Gasteiger partial charge in [-0.2, -0.15) is 0 Å². The zero-order chi connectivity index (χ0) is 19.9. The minimum Gasteiger partial charge on any atom is -0.497 e. The van der Waals surface area contributed by atoms with Crippen molar-refractivity contribution < 1.29 is 19.2 Å². The van der Waals surface area contributed by atoms with Crippen LogP contribution in [0.3, 0.4) is 0 Å². The maximum Gasteiger partial charge on any atom is 0.343 e. The minimum atomic E-state index is -0.476. The predicted molar refractivity (Wildman–Crippen MR) is 105 cm³/mol. The summed E-state index contributed by atoms with van der Waals surface area (Å²) in [6.07, 6.45) is 1.59. The van der Waals surface area contributed by atoms with Crippen LogP contribution >= 0.6 is 0 Å². The van der Waals surface area contributed by atoms with Crippen LogP contribution < -0.4 is 9.47 Å². The number of esters is 1. The van der Waals surface area contributed by atoms with Gasteiger partial charge in [-0.05, 0) is 66.2 Å². The number of nitro groups is 1. The first-order valence-electron chi connectivity index (χ1n) is 8.30. The van der Waals surface area contributed by atoms with E-state index in [-0.39, 0.29) is 5.69 Å². The normalized spacial score (nSPS) is 10.6. The Labute approximate surface area is 161 Å². The highest BCUT2D eigenvalue weighted by Crippen LogP contribution is 2.19. The van der Waals surface area contributed by atoms with Crippen molar-refractivity contribution in [2.75, 3.05) is 7.11 Å². The Morgan fingerprint density at radius 2 is 1.54 bits per heavy atom. The molecule has 0 aliphatic carbocycles. The van der Waals surface area contributed by atoms with Crippen LogP contribution in [0.5, 0.6) is 11.5 Å². The number of nitro benzene ring substituents is 1. The number of hydrogen-bond acceptors (Lipinski definition) is 6. The maximum absolute atomic E-state index is 12.2. The van der Waals surface area contributed by atoms with Gasteiger partial charge in [0.1, 0.15) is 11.5 Å². The molecule has 0 N–H and O–H groups in total. The van der Waals surface area contributed by atoms with Crippen molar-refractivity contribution in [3.63, 3.8) is 0 Å². The van der Waals surface area contributed by atoms with Crippen LogP contribution in [0.4, 0.5) is 11.4 Å². The zero-order valence-electron chi connectivity index (χ0n) is 14.9. The Morgan fingerprint density at radius 3 is 2.11 bits per heavy atom. The van der Waals surface area contributed by atoms with E-state index in [4.69, 9.17) is 9.47 Å². The molecule has 3 rings (SSSR count). The number of aliphatic imine (C=N–C) groups is 1. The van der Waals surface area contributed by atoms with Gasteiger partial charge in [0.15, 0.2) is 0 Å². The molecule has 0 aliphatic heterocycles. The second kappa shape index (κ2) is 8.59. The molecular weight excluding hydrogens is 360 g/mol. The summed E-state index contributed by atoms with van der Waals surface area (Å²) in [5.74, 6) is 0.622. The second-order valence-electron chi connectivity index (χ2n) is 5.72. The molecule has 3 aromatic carbocycles.